The standard InChI is InChI=1S/C29H30O4S2/c1-2-29(30)33-22-8-3-4-9-23-34-26-18-14-24(15-19-26)12-13-25-16-20-28(21-17-25)35(31,32)27-10-6-5-7-11-27/h2,5-7,10-21H,1,3-4,8-9,22-23H2/b13-12+. The van der Waals surface area contributed by atoms with E-state index in [1.807, 2.05) is 36.0 Å². The predicted molar refractivity (Wildman–Crippen MR) is 144 cm³/mol. The van der Waals surface area contributed by atoms with Crippen molar-refractivity contribution >= 4 is 39.7 Å². The Hall–Kier alpha value is -3.09. The monoisotopic (exact) mass is 506 g/mol. The van der Waals surface area contributed by atoms with E-state index in [9.17, 15) is 13.2 Å². The van der Waals surface area contributed by atoms with Gasteiger partial charge < -0.3 is 4.74 Å². The minimum absolute atomic E-state index is 0.290. The Morgan fingerprint density at radius 2 is 1.34 bits per heavy atom. The van der Waals surface area contributed by atoms with Gasteiger partial charge in [-0.1, -0.05) is 74.0 Å². The average Bonchev–Trinajstić information content (AvgIpc) is 2.90. The lowest BCUT2D eigenvalue weighted by atomic mass is 10.1. The summed E-state index contributed by atoms with van der Waals surface area (Å²) in [5, 5.41) is 0. The van der Waals surface area contributed by atoms with E-state index in [0.717, 1.165) is 42.6 Å². The fraction of sp³-hybridized carbons (Fsp3) is 0.207. The third-order valence-corrected chi connectivity index (χ3v) is 8.19. The smallest absolute Gasteiger partial charge is 0.330 e. The lowest BCUT2D eigenvalue weighted by Crippen LogP contribution is -2.01. The molecule has 6 heteroatoms. The molecule has 3 aromatic rings. The van der Waals surface area contributed by atoms with Gasteiger partial charge in [0, 0.05) is 11.0 Å². The van der Waals surface area contributed by atoms with Gasteiger partial charge in [0.1, 0.15) is 0 Å². The van der Waals surface area contributed by atoms with Gasteiger partial charge in [0.2, 0.25) is 9.84 Å². The van der Waals surface area contributed by atoms with E-state index in [-0.39, 0.29) is 5.97 Å². The lowest BCUT2D eigenvalue weighted by Gasteiger charge is -2.05. The SMILES string of the molecule is C=CC(=O)OCCCCCCSc1ccc(/C=C/c2ccc(S(=O)(=O)c3ccccc3)cc2)cc1. The number of sulfone groups is 1. The van der Waals surface area contributed by atoms with Crippen LogP contribution >= 0.6 is 11.8 Å². The first-order chi connectivity index (χ1) is 17.0. The number of thioether (sulfide) groups is 1. The van der Waals surface area contributed by atoms with Crippen LogP contribution in [0.2, 0.25) is 0 Å². The molecule has 0 bridgehead atoms. The third kappa shape index (κ3) is 8.57. The number of esters is 1. The molecule has 0 fully saturated rings. The Morgan fingerprint density at radius 1 is 0.771 bits per heavy atom. The predicted octanol–water partition coefficient (Wildman–Crippen LogP) is 7.07. The maximum atomic E-state index is 12.7. The molecule has 0 saturated heterocycles. The van der Waals surface area contributed by atoms with Crippen LogP contribution in [0.1, 0.15) is 36.8 Å². The number of benzene rings is 3. The van der Waals surface area contributed by atoms with Gasteiger partial charge in [-0.15, -0.1) is 11.8 Å². The van der Waals surface area contributed by atoms with Crippen LogP contribution in [0.3, 0.4) is 0 Å². The van der Waals surface area contributed by atoms with Crippen LogP contribution in [0.5, 0.6) is 0 Å². The number of hydrogen-bond acceptors (Lipinski definition) is 5. The van der Waals surface area contributed by atoms with E-state index in [1.165, 1.54) is 11.0 Å². The molecule has 3 aromatic carbocycles. The van der Waals surface area contributed by atoms with Gasteiger partial charge >= 0.3 is 5.97 Å². The van der Waals surface area contributed by atoms with Crippen LogP contribution in [0.25, 0.3) is 12.2 Å². The molecule has 4 nitrogen and oxygen atoms in total. The molecule has 0 unspecified atom stereocenters. The molecule has 0 heterocycles. The first-order valence-corrected chi connectivity index (χ1v) is 14.1. The van der Waals surface area contributed by atoms with Gasteiger partial charge in [-0.05, 0) is 66.1 Å². The van der Waals surface area contributed by atoms with Crippen molar-refractivity contribution in [2.75, 3.05) is 12.4 Å². The van der Waals surface area contributed by atoms with E-state index in [2.05, 4.69) is 30.8 Å². The first-order valence-electron chi connectivity index (χ1n) is 11.6. The average molecular weight is 507 g/mol. The number of ether oxygens (including phenoxy) is 1. The number of unbranched alkanes of at least 4 members (excludes halogenated alkanes) is 3. The van der Waals surface area contributed by atoms with E-state index in [1.54, 1.807) is 42.5 Å². The molecule has 0 radical (unpaired) electrons. The van der Waals surface area contributed by atoms with Gasteiger partial charge in [-0.25, -0.2) is 13.2 Å². The van der Waals surface area contributed by atoms with E-state index >= 15 is 0 Å². The molecule has 0 amide bonds. The second-order valence-electron chi connectivity index (χ2n) is 7.92. The Bertz CT molecular complexity index is 1210. The molecule has 0 aliphatic heterocycles. The fourth-order valence-electron chi connectivity index (χ4n) is 3.34. The van der Waals surface area contributed by atoms with Crippen molar-refractivity contribution < 1.29 is 17.9 Å². The van der Waals surface area contributed by atoms with Crippen LogP contribution in [0, 0.1) is 0 Å². The summed E-state index contributed by atoms with van der Waals surface area (Å²) < 4.78 is 30.4. The van der Waals surface area contributed by atoms with Crippen molar-refractivity contribution in [2.45, 2.75) is 40.4 Å². The van der Waals surface area contributed by atoms with Crippen LogP contribution in [-0.4, -0.2) is 26.7 Å². The highest BCUT2D eigenvalue weighted by Gasteiger charge is 2.16. The normalized spacial score (nSPS) is 11.4. The molecular weight excluding hydrogens is 476 g/mol. The quantitative estimate of drug-likeness (QED) is 0.0816. The Kier molecular flexibility index (Phi) is 10.4. The third-order valence-electron chi connectivity index (χ3n) is 5.31. The summed E-state index contributed by atoms with van der Waals surface area (Å²) in [6.07, 6.45) is 9.37. The minimum atomic E-state index is -3.50. The second-order valence-corrected chi connectivity index (χ2v) is 11.0. The van der Waals surface area contributed by atoms with Gasteiger partial charge in [-0.3, -0.25) is 0 Å². The highest BCUT2D eigenvalue weighted by Crippen LogP contribution is 2.23. The van der Waals surface area contributed by atoms with Crippen LogP contribution in [-0.2, 0) is 19.4 Å². The zero-order chi connectivity index (χ0) is 24.9. The molecule has 0 saturated carbocycles. The summed E-state index contributed by atoms with van der Waals surface area (Å²) in [5.74, 6) is 0.700. The number of rotatable bonds is 13. The lowest BCUT2D eigenvalue weighted by molar-refractivity contribution is -0.137. The molecule has 0 spiro atoms. The molecule has 0 N–H and O–H groups in total. The molecule has 0 atom stereocenters. The van der Waals surface area contributed by atoms with Crippen molar-refractivity contribution in [3.63, 3.8) is 0 Å². The maximum Gasteiger partial charge on any atom is 0.330 e. The molecule has 3 rings (SSSR count). The second kappa shape index (κ2) is 13.7. The number of hydrogen-bond donors (Lipinski definition) is 0. The maximum absolute atomic E-state index is 12.7. The van der Waals surface area contributed by atoms with Crippen molar-refractivity contribution in [3.05, 3.63) is 103 Å². The summed E-state index contributed by atoms with van der Waals surface area (Å²) in [4.78, 5) is 12.8. The molecule has 182 valence electrons. The summed E-state index contributed by atoms with van der Waals surface area (Å²) in [6, 6.07) is 23.8. The van der Waals surface area contributed by atoms with Crippen molar-refractivity contribution in [1.29, 1.82) is 0 Å². The van der Waals surface area contributed by atoms with Gasteiger partial charge in [0.05, 0.1) is 16.4 Å². The van der Waals surface area contributed by atoms with Gasteiger partial charge in [-0.2, -0.15) is 0 Å². The zero-order valence-electron chi connectivity index (χ0n) is 19.6. The van der Waals surface area contributed by atoms with Crippen molar-refractivity contribution in [1.82, 2.24) is 0 Å². The summed E-state index contributed by atoms with van der Waals surface area (Å²) >= 11 is 1.84. The van der Waals surface area contributed by atoms with Gasteiger partial charge in [0.25, 0.3) is 0 Å². The number of carbonyl (C=O) groups excluding carboxylic acids is 1. The number of carbonyl (C=O) groups is 1. The van der Waals surface area contributed by atoms with E-state index in [0.29, 0.717) is 16.4 Å². The zero-order valence-corrected chi connectivity index (χ0v) is 21.3. The minimum Gasteiger partial charge on any atom is -0.463 e. The van der Waals surface area contributed by atoms with Crippen LogP contribution < -0.4 is 0 Å². The van der Waals surface area contributed by atoms with Crippen LogP contribution in [0.4, 0.5) is 0 Å². The largest absolute Gasteiger partial charge is 0.463 e. The summed E-state index contributed by atoms with van der Waals surface area (Å²) in [5.41, 5.74) is 2.03. The van der Waals surface area contributed by atoms with Crippen molar-refractivity contribution in [3.8, 4) is 0 Å². The molecule has 0 aliphatic rings. The Balaban J connectivity index is 1.42. The first kappa shape index (κ1) is 26.5. The highest BCUT2D eigenvalue weighted by atomic mass is 32.2. The molecule has 0 aliphatic carbocycles. The topological polar surface area (TPSA) is 60.4 Å². The molecule has 35 heavy (non-hydrogen) atoms. The van der Waals surface area contributed by atoms with E-state index in [4.69, 9.17) is 4.74 Å². The molecule has 0 aromatic heterocycles. The fourth-order valence-corrected chi connectivity index (χ4v) is 5.54. The van der Waals surface area contributed by atoms with E-state index < -0.39 is 9.84 Å². The summed E-state index contributed by atoms with van der Waals surface area (Å²) in [7, 11) is -3.50. The van der Waals surface area contributed by atoms with Crippen LogP contribution in [0.15, 0.2) is 106 Å². The Labute approximate surface area is 212 Å². The summed E-state index contributed by atoms with van der Waals surface area (Å²) in [6.45, 7) is 3.84. The van der Waals surface area contributed by atoms with Gasteiger partial charge in [0.15, 0.2) is 0 Å². The highest BCUT2D eigenvalue weighted by molar-refractivity contribution is 7.99. The van der Waals surface area contributed by atoms with Crippen molar-refractivity contribution in [2.24, 2.45) is 0 Å². The Morgan fingerprint density at radius 3 is 1.97 bits per heavy atom. The molecular formula is C29H30O4S2.